The fourth-order valence-corrected chi connectivity index (χ4v) is 2.04. The molecule has 0 aliphatic heterocycles. The summed E-state index contributed by atoms with van der Waals surface area (Å²) in [6.07, 6.45) is 0.617. The molecule has 0 atom stereocenters. The minimum atomic E-state index is -0.138. The highest BCUT2D eigenvalue weighted by Crippen LogP contribution is 2.24. The van der Waals surface area contributed by atoms with Crippen LogP contribution in [0.15, 0.2) is 18.2 Å². The zero-order chi connectivity index (χ0) is 13.8. The zero-order valence-electron chi connectivity index (χ0n) is 11.3. The normalized spacial score (nSPS) is 10.9. The Balaban J connectivity index is 2.45. The minimum absolute atomic E-state index is 0.112. The molecule has 0 bridgehead atoms. The number of aryl methyl sites for hydroxylation is 3. The van der Waals surface area contributed by atoms with Crippen LogP contribution in [0.5, 0.6) is 0 Å². The van der Waals surface area contributed by atoms with Gasteiger partial charge in [0.25, 0.3) is 0 Å². The second-order valence-corrected chi connectivity index (χ2v) is 4.64. The zero-order valence-corrected chi connectivity index (χ0v) is 11.3. The van der Waals surface area contributed by atoms with Gasteiger partial charge >= 0.3 is 0 Å². The molecule has 0 aliphatic rings. The van der Waals surface area contributed by atoms with Crippen molar-refractivity contribution in [2.75, 3.05) is 6.61 Å². The molecule has 0 saturated heterocycles. The number of hydrogen-bond donors (Lipinski definition) is 2. The van der Waals surface area contributed by atoms with E-state index in [2.05, 4.69) is 36.3 Å². The smallest absolute Gasteiger partial charge is 0.116 e. The lowest BCUT2D eigenvalue weighted by molar-refractivity contribution is 0.276. The highest BCUT2D eigenvalue weighted by atomic mass is 16.3. The van der Waals surface area contributed by atoms with Gasteiger partial charge in [0.05, 0.1) is 12.3 Å². The number of rotatable bonds is 5. The van der Waals surface area contributed by atoms with E-state index in [4.69, 9.17) is 5.11 Å². The van der Waals surface area contributed by atoms with Crippen LogP contribution in [-0.2, 0) is 13.2 Å². The van der Waals surface area contributed by atoms with Crippen LogP contribution in [0, 0.1) is 13.8 Å². The molecular weight excluding hydrogens is 242 g/mol. The summed E-state index contributed by atoms with van der Waals surface area (Å²) in [5, 5.41) is 26.3. The summed E-state index contributed by atoms with van der Waals surface area (Å²) >= 11 is 0. The van der Waals surface area contributed by atoms with Gasteiger partial charge in [-0.2, -0.15) is 0 Å². The molecule has 0 saturated carbocycles. The molecule has 0 aliphatic carbocycles. The summed E-state index contributed by atoms with van der Waals surface area (Å²) in [5.74, 6) is 0. The van der Waals surface area contributed by atoms with Gasteiger partial charge in [-0.25, -0.2) is 4.68 Å². The lowest BCUT2D eigenvalue weighted by Gasteiger charge is -2.09. The first-order valence-electron chi connectivity index (χ1n) is 6.39. The van der Waals surface area contributed by atoms with E-state index in [1.807, 2.05) is 6.07 Å². The molecule has 0 fully saturated rings. The third-order valence-electron chi connectivity index (χ3n) is 3.26. The van der Waals surface area contributed by atoms with Crippen molar-refractivity contribution in [3.05, 3.63) is 35.0 Å². The lowest BCUT2D eigenvalue weighted by atomic mass is 10.0. The number of aromatic nitrogens is 3. The average molecular weight is 261 g/mol. The second kappa shape index (κ2) is 5.95. The van der Waals surface area contributed by atoms with Crippen LogP contribution in [0.4, 0.5) is 0 Å². The number of benzene rings is 1. The van der Waals surface area contributed by atoms with Gasteiger partial charge in [-0.3, -0.25) is 0 Å². The Bertz CT molecular complexity index is 564. The first-order chi connectivity index (χ1) is 9.17. The van der Waals surface area contributed by atoms with E-state index in [0.717, 1.165) is 11.3 Å². The molecule has 2 N–H and O–H groups in total. The van der Waals surface area contributed by atoms with Crippen LogP contribution in [0.3, 0.4) is 0 Å². The highest BCUT2D eigenvalue weighted by molar-refractivity contribution is 5.63. The van der Waals surface area contributed by atoms with Crippen LogP contribution < -0.4 is 0 Å². The molecule has 19 heavy (non-hydrogen) atoms. The predicted molar refractivity (Wildman–Crippen MR) is 72.6 cm³/mol. The maximum atomic E-state index is 9.38. The van der Waals surface area contributed by atoms with Crippen molar-refractivity contribution in [1.29, 1.82) is 0 Å². The number of aliphatic hydroxyl groups excluding tert-OH is 2. The van der Waals surface area contributed by atoms with Gasteiger partial charge in [-0.15, -0.1) is 5.10 Å². The Kier molecular flexibility index (Phi) is 4.29. The number of hydrogen-bond acceptors (Lipinski definition) is 4. The highest BCUT2D eigenvalue weighted by Gasteiger charge is 2.14. The van der Waals surface area contributed by atoms with Crippen molar-refractivity contribution in [3.8, 4) is 11.3 Å². The van der Waals surface area contributed by atoms with Gasteiger partial charge in [-0.1, -0.05) is 17.3 Å². The van der Waals surface area contributed by atoms with Crippen molar-refractivity contribution >= 4 is 0 Å². The molecule has 1 aromatic carbocycles. The van der Waals surface area contributed by atoms with Gasteiger partial charge in [0.15, 0.2) is 0 Å². The summed E-state index contributed by atoms with van der Waals surface area (Å²) in [6.45, 7) is 4.68. The maximum absolute atomic E-state index is 9.38. The lowest BCUT2D eigenvalue weighted by Crippen LogP contribution is -2.05. The Labute approximate surface area is 112 Å². The van der Waals surface area contributed by atoms with Gasteiger partial charge < -0.3 is 10.2 Å². The quantitative estimate of drug-likeness (QED) is 0.854. The summed E-state index contributed by atoms with van der Waals surface area (Å²) < 4.78 is 1.74. The summed E-state index contributed by atoms with van der Waals surface area (Å²) in [4.78, 5) is 0. The summed E-state index contributed by atoms with van der Waals surface area (Å²) in [5.41, 5.74) is 4.82. The SMILES string of the molecule is Cc1ccc(-c2c(CO)nnn2CCCO)cc1C. The molecule has 5 nitrogen and oxygen atoms in total. The first kappa shape index (κ1) is 13.7. The van der Waals surface area contributed by atoms with Gasteiger partial charge in [0.2, 0.25) is 0 Å². The van der Waals surface area contributed by atoms with Crippen LogP contribution in [0.2, 0.25) is 0 Å². The Morgan fingerprint density at radius 1 is 1.16 bits per heavy atom. The molecule has 0 amide bonds. The monoisotopic (exact) mass is 261 g/mol. The topological polar surface area (TPSA) is 71.2 Å². The molecule has 0 radical (unpaired) electrons. The first-order valence-corrected chi connectivity index (χ1v) is 6.39. The van der Waals surface area contributed by atoms with Crippen molar-refractivity contribution in [3.63, 3.8) is 0 Å². The fraction of sp³-hybridized carbons (Fsp3) is 0.429. The molecule has 1 heterocycles. The fourth-order valence-electron chi connectivity index (χ4n) is 2.04. The molecule has 102 valence electrons. The molecule has 2 rings (SSSR count). The second-order valence-electron chi connectivity index (χ2n) is 4.64. The van der Waals surface area contributed by atoms with Crippen molar-refractivity contribution in [2.45, 2.75) is 33.4 Å². The third-order valence-corrected chi connectivity index (χ3v) is 3.26. The molecule has 0 unspecified atom stereocenters. The Hall–Kier alpha value is -1.72. The van der Waals surface area contributed by atoms with Gasteiger partial charge in [0.1, 0.15) is 5.69 Å². The van der Waals surface area contributed by atoms with Crippen molar-refractivity contribution in [2.24, 2.45) is 0 Å². The van der Waals surface area contributed by atoms with Crippen LogP contribution in [-0.4, -0.2) is 31.8 Å². The largest absolute Gasteiger partial charge is 0.396 e. The van der Waals surface area contributed by atoms with E-state index in [-0.39, 0.29) is 13.2 Å². The van der Waals surface area contributed by atoms with E-state index in [1.54, 1.807) is 4.68 Å². The predicted octanol–water partition coefficient (Wildman–Crippen LogP) is 1.44. The van der Waals surface area contributed by atoms with Gasteiger partial charge in [-0.05, 0) is 37.5 Å². The van der Waals surface area contributed by atoms with Crippen LogP contribution >= 0.6 is 0 Å². The average Bonchev–Trinajstić information content (AvgIpc) is 2.82. The van der Waals surface area contributed by atoms with Crippen LogP contribution in [0.1, 0.15) is 23.2 Å². The number of aliphatic hydroxyl groups is 2. The standard InChI is InChI=1S/C14H19N3O2/c1-10-4-5-12(8-11(10)2)14-13(9-19)15-16-17(14)6-3-7-18/h4-5,8,18-19H,3,6-7,9H2,1-2H3. The van der Waals surface area contributed by atoms with E-state index in [0.29, 0.717) is 18.7 Å². The molecule has 5 heteroatoms. The van der Waals surface area contributed by atoms with Crippen LogP contribution in [0.25, 0.3) is 11.3 Å². The molecule has 2 aromatic rings. The maximum Gasteiger partial charge on any atom is 0.116 e. The number of nitrogens with zero attached hydrogens (tertiary/aromatic N) is 3. The molecule has 0 spiro atoms. The van der Waals surface area contributed by atoms with E-state index in [9.17, 15) is 5.11 Å². The third kappa shape index (κ3) is 2.83. The summed E-state index contributed by atoms with van der Waals surface area (Å²) in [7, 11) is 0. The Morgan fingerprint density at radius 2 is 1.95 bits per heavy atom. The van der Waals surface area contributed by atoms with Gasteiger partial charge in [0, 0.05) is 18.7 Å². The summed E-state index contributed by atoms with van der Waals surface area (Å²) in [6, 6.07) is 6.13. The Morgan fingerprint density at radius 3 is 2.58 bits per heavy atom. The molecule has 1 aromatic heterocycles. The minimum Gasteiger partial charge on any atom is -0.396 e. The van der Waals surface area contributed by atoms with Crippen molar-refractivity contribution < 1.29 is 10.2 Å². The van der Waals surface area contributed by atoms with E-state index in [1.165, 1.54) is 11.1 Å². The van der Waals surface area contributed by atoms with E-state index < -0.39 is 0 Å². The van der Waals surface area contributed by atoms with E-state index >= 15 is 0 Å². The molecular formula is C14H19N3O2. The van der Waals surface area contributed by atoms with Crippen molar-refractivity contribution in [1.82, 2.24) is 15.0 Å².